The molecule has 0 rings (SSSR count). The second-order valence-electron chi connectivity index (χ2n) is 4.71. The molecule has 0 aromatic carbocycles. The van der Waals surface area contributed by atoms with Gasteiger partial charge in [-0.05, 0) is 26.2 Å². The normalized spacial score (nSPS) is 12.3. The van der Waals surface area contributed by atoms with Crippen molar-refractivity contribution in [3.63, 3.8) is 0 Å². The van der Waals surface area contributed by atoms with Gasteiger partial charge in [-0.1, -0.05) is 39.5 Å². The van der Waals surface area contributed by atoms with Crippen molar-refractivity contribution in [2.45, 2.75) is 59.8 Å². The molecule has 1 atom stereocenters. The highest BCUT2D eigenvalue weighted by atomic mass is 16.6. The quantitative estimate of drug-likeness (QED) is 0.452. The van der Waals surface area contributed by atoms with Crippen LogP contribution in [0.5, 0.6) is 0 Å². The number of esters is 2. The first-order valence-electron chi connectivity index (χ1n) is 7.43. The summed E-state index contributed by atoms with van der Waals surface area (Å²) in [6, 6.07) is 0. The van der Waals surface area contributed by atoms with Gasteiger partial charge in [-0.15, -0.1) is 0 Å². The van der Waals surface area contributed by atoms with Gasteiger partial charge in [-0.3, -0.25) is 9.59 Å². The van der Waals surface area contributed by atoms with Crippen LogP contribution in [0.25, 0.3) is 0 Å². The maximum absolute atomic E-state index is 11.9. The fraction of sp³-hybridized carbons (Fsp3) is 0.867. The van der Waals surface area contributed by atoms with E-state index < -0.39 is 17.9 Å². The Labute approximate surface area is 116 Å². The van der Waals surface area contributed by atoms with Gasteiger partial charge in [0.25, 0.3) is 0 Å². The van der Waals surface area contributed by atoms with Gasteiger partial charge in [0.05, 0.1) is 13.2 Å². The van der Waals surface area contributed by atoms with Crippen LogP contribution in [0.15, 0.2) is 0 Å². The average Bonchev–Trinajstić information content (AvgIpc) is 2.39. The second kappa shape index (κ2) is 10.8. The van der Waals surface area contributed by atoms with Crippen LogP contribution >= 0.6 is 0 Å². The Balaban J connectivity index is 4.62. The highest BCUT2D eigenvalue weighted by molar-refractivity contribution is 5.94. The summed E-state index contributed by atoms with van der Waals surface area (Å²) in [5.74, 6) is -1.28. The number of carbonyl (C=O) groups excluding carboxylic acids is 2. The molecule has 0 fully saturated rings. The topological polar surface area (TPSA) is 52.6 Å². The van der Waals surface area contributed by atoms with Gasteiger partial charge in [0.2, 0.25) is 0 Å². The van der Waals surface area contributed by atoms with Crippen molar-refractivity contribution in [1.82, 2.24) is 0 Å². The van der Waals surface area contributed by atoms with Crippen molar-refractivity contribution in [2.75, 3.05) is 13.2 Å². The number of unbranched alkanes of at least 4 members (excludes halogenated alkanes) is 1. The van der Waals surface area contributed by atoms with E-state index in [-0.39, 0.29) is 0 Å². The molecule has 4 heteroatoms. The fourth-order valence-electron chi connectivity index (χ4n) is 2.09. The molecule has 0 bridgehead atoms. The van der Waals surface area contributed by atoms with Crippen LogP contribution in [0, 0.1) is 11.8 Å². The molecule has 0 N–H and O–H groups in total. The molecule has 112 valence electrons. The molecular weight excluding hydrogens is 244 g/mol. The van der Waals surface area contributed by atoms with E-state index in [0.29, 0.717) is 25.6 Å². The molecule has 0 aliphatic carbocycles. The largest absolute Gasteiger partial charge is 0.465 e. The van der Waals surface area contributed by atoms with Gasteiger partial charge < -0.3 is 9.47 Å². The third kappa shape index (κ3) is 7.19. The molecule has 4 nitrogen and oxygen atoms in total. The Kier molecular flexibility index (Phi) is 10.2. The van der Waals surface area contributed by atoms with Gasteiger partial charge >= 0.3 is 11.9 Å². The number of carbonyl (C=O) groups is 2. The third-order valence-corrected chi connectivity index (χ3v) is 3.25. The lowest BCUT2D eigenvalue weighted by Gasteiger charge is -2.20. The van der Waals surface area contributed by atoms with Crippen LogP contribution in [0.4, 0.5) is 0 Å². The molecule has 0 saturated heterocycles. The molecule has 0 saturated carbocycles. The molecule has 0 aliphatic rings. The molecule has 0 radical (unpaired) electrons. The number of ether oxygens (including phenoxy) is 2. The Morgan fingerprint density at radius 2 is 1.47 bits per heavy atom. The van der Waals surface area contributed by atoms with Crippen molar-refractivity contribution >= 4 is 11.9 Å². The monoisotopic (exact) mass is 272 g/mol. The van der Waals surface area contributed by atoms with Crippen molar-refractivity contribution in [3.05, 3.63) is 0 Å². The van der Waals surface area contributed by atoms with Crippen LogP contribution < -0.4 is 0 Å². The standard InChI is InChI=1S/C15H28O4/c1-5-9-10-12(6-2)11-13(14(16)18-7-3)15(17)19-8-4/h12-13H,5-11H2,1-4H3. The van der Waals surface area contributed by atoms with Crippen LogP contribution in [0.1, 0.15) is 59.8 Å². The summed E-state index contributed by atoms with van der Waals surface area (Å²) in [5.41, 5.74) is 0. The molecule has 0 amide bonds. The Hall–Kier alpha value is -1.06. The average molecular weight is 272 g/mol. The van der Waals surface area contributed by atoms with E-state index in [1.165, 1.54) is 0 Å². The van der Waals surface area contributed by atoms with Crippen LogP contribution in [0.2, 0.25) is 0 Å². The number of hydrogen-bond acceptors (Lipinski definition) is 4. The summed E-state index contributed by atoms with van der Waals surface area (Å²) >= 11 is 0. The highest BCUT2D eigenvalue weighted by Crippen LogP contribution is 2.23. The highest BCUT2D eigenvalue weighted by Gasteiger charge is 2.31. The van der Waals surface area contributed by atoms with Crippen molar-refractivity contribution < 1.29 is 19.1 Å². The predicted molar refractivity (Wildman–Crippen MR) is 74.7 cm³/mol. The Morgan fingerprint density at radius 1 is 0.947 bits per heavy atom. The van der Waals surface area contributed by atoms with Crippen molar-refractivity contribution in [2.24, 2.45) is 11.8 Å². The van der Waals surface area contributed by atoms with Gasteiger partial charge in [-0.25, -0.2) is 0 Å². The predicted octanol–water partition coefficient (Wildman–Crippen LogP) is 3.34. The van der Waals surface area contributed by atoms with Crippen LogP contribution in [0.3, 0.4) is 0 Å². The summed E-state index contributed by atoms with van der Waals surface area (Å²) in [4.78, 5) is 23.7. The molecule has 0 aromatic heterocycles. The van der Waals surface area contributed by atoms with Crippen molar-refractivity contribution in [3.8, 4) is 0 Å². The summed E-state index contributed by atoms with van der Waals surface area (Å²) in [6.07, 6.45) is 4.79. The molecule has 0 aliphatic heterocycles. The molecule has 0 aromatic rings. The smallest absolute Gasteiger partial charge is 0.320 e. The molecule has 19 heavy (non-hydrogen) atoms. The molecule has 0 heterocycles. The first-order valence-corrected chi connectivity index (χ1v) is 7.43. The lowest BCUT2D eigenvalue weighted by molar-refractivity contribution is -0.162. The van der Waals surface area contributed by atoms with Crippen LogP contribution in [-0.4, -0.2) is 25.2 Å². The number of rotatable bonds is 10. The maximum atomic E-state index is 11.9. The Bertz CT molecular complexity index is 245. The van der Waals surface area contributed by atoms with E-state index in [1.807, 2.05) is 0 Å². The van der Waals surface area contributed by atoms with Gasteiger partial charge in [0.1, 0.15) is 0 Å². The fourth-order valence-corrected chi connectivity index (χ4v) is 2.09. The first kappa shape index (κ1) is 17.9. The summed E-state index contributed by atoms with van der Waals surface area (Å²) < 4.78 is 9.96. The Morgan fingerprint density at radius 3 is 1.84 bits per heavy atom. The lowest BCUT2D eigenvalue weighted by Crippen LogP contribution is -2.30. The lowest BCUT2D eigenvalue weighted by atomic mass is 9.88. The minimum atomic E-state index is -0.762. The molecule has 0 spiro atoms. The minimum absolute atomic E-state index is 0.292. The molecule has 1 unspecified atom stereocenters. The van der Waals surface area contributed by atoms with Gasteiger partial charge in [-0.2, -0.15) is 0 Å². The van der Waals surface area contributed by atoms with E-state index in [0.717, 1.165) is 25.7 Å². The minimum Gasteiger partial charge on any atom is -0.465 e. The number of hydrogen-bond donors (Lipinski definition) is 0. The zero-order chi connectivity index (χ0) is 14.7. The summed E-state index contributed by atoms with van der Waals surface area (Å²) in [6.45, 7) is 8.30. The van der Waals surface area contributed by atoms with E-state index in [4.69, 9.17) is 9.47 Å². The van der Waals surface area contributed by atoms with E-state index in [9.17, 15) is 9.59 Å². The van der Waals surface area contributed by atoms with Gasteiger partial charge in [0.15, 0.2) is 5.92 Å². The van der Waals surface area contributed by atoms with Crippen molar-refractivity contribution in [1.29, 1.82) is 0 Å². The van der Waals surface area contributed by atoms with Gasteiger partial charge in [0, 0.05) is 0 Å². The van der Waals surface area contributed by atoms with E-state index >= 15 is 0 Å². The van der Waals surface area contributed by atoms with Crippen LogP contribution in [-0.2, 0) is 19.1 Å². The SMILES string of the molecule is CCCCC(CC)CC(C(=O)OCC)C(=O)OCC. The molecular formula is C15H28O4. The second-order valence-corrected chi connectivity index (χ2v) is 4.71. The summed E-state index contributed by atoms with van der Waals surface area (Å²) in [7, 11) is 0. The zero-order valence-electron chi connectivity index (χ0n) is 12.7. The van der Waals surface area contributed by atoms with E-state index in [2.05, 4.69) is 13.8 Å². The first-order chi connectivity index (χ1) is 9.10. The maximum Gasteiger partial charge on any atom is 0.320 e. The zero-order valence-corrected chi connectivity index (χ0v) is 12.7. The summed E-state index contributed by atoms with van der Waals surface area (Å²) in [5, 5.41) is 0. The van der Waals surface area contributed by atoms with E-state index in [1.54, 1.807) is 13.8 Å². The third-order valence-electron chi connectivity index (χ3n) is 3.25.